The Bertz CT molecular complexity index is 139. The van der Waals surface area contributed by atoms with E-state index in [9.17, 15) is 0 Å². The smallest absolute Gasteiger partial charge is 0.652 e. The first-order valence-electron chi connectivity index (χ1n) is 1.68. The Hall–Kier alpha value is 0.729. The molecule has 0 saturated carbocycles. The number of rotatable bonds is 0. The van der Waals surface area contributed by atoms with Gasteiger partial charge in [0.15, 0.2) is 0 Å². The first-order chi connectivity index (χ1) is 4.37. The van der Waals surface area contributed by atoms with Gasteiger partial charge in [0.1, 0.15) is 0 Å². The van der Waals surface area contributed by atoms with E-state index in [1.165, 1.54) is 0 Å². The second-order valence-corrected chi connectivity index (χ2v) is 0.825. The number of carbonyl (C=O) groups excluding carboxylic acids is 3. The summed E-state index contributed by atoms with van der Waals surface area (Å²) in [5.41, 5.74) is 0. The van der Waals surface area contributed by atoms with Crippen LogP contribution >= 0.6 is 0 Å². The van der Waals surface area contributed by atoms with Crippen LogP contribution in [-0.2, 0) is 9.59 Å². The first kappa shape index (κ1) is 23.0. The third kappa shape index (κ3) is 45.4. The molecule has 12 heavy (non-hydrogen) atoms. The number of carbonyl (C=O) groups is 3. The Balaban J connectivity index is -0.0000000483. The van der Waals surface area contributed by atoms with Crippen molar-refractivity contribution in [3.05, 3.63) is 0 Å². The fourth-order valence-corrected chi connectivity index (χ4v) is 0. The van der Waals surface area contributed by atoms with E-state index < -0.39 is 18.1 Å². The van der Waals surface area contributed by atoms with Gasteiger partial charge in [-0.15, -0.1) is 0 Å². The first-order valence-corrected chi connectivity index (χ1v) is 1.68. The molecule has 0 aromatic rings. The Morgan fingerprint density at radius 1 is 0.667 bits per heavy atom. The van der Waals surface area contributed by atoms with Gasteiger partial charge >= 0.3 is 75.5 Å². The third-order valence-electron chi connectivity index (χ3n) is 0.167. The molecule has 0 radical (unpaired) electrons. The van der Waals surface area contributed by atoms with E-state index in [-0.39, 0.29) is 75.5 Å². The molecule has 58 valence electrons. The SMILES string of the molecule is O=C([O-])C(=O)[O-].O=C([O-])[O-].[Ca+2].[Ca+2]. The summed E-state index contributed by atoms with van der Waals surface area (Å²) in [6.45, 7) is 0. The van der Waals surface area contributed by atoms with E-state index in [1.807, 2.05) is 0 Å². The zero-order valence-corrected chi connectivity index (χ0v) is 10.2. The van der Waals surface area contributed by atoms with Crippen molar-refractivity contribution in [2.75, 3.05) is 0 Å². The molecule has 0 aromatic heterocycles. The van der Waals surface area contributed by atoms with E-state index in [0.29, 0.717) is 0 Å². The maximum absolute atomic E-state index is 8.93. The van der Waals surface area contributed by atoms with Gasteiger partial charge in [0.25, 0.3) is 0 Å². The van der Waals surface area contributed by atoms with Gasteiger partial charge in [-0.1, -0.05) is 0 Å². The number of aliphatic carboxylic acids is 2. The molecule has 0 bridgehead atoms. The maximum atomic E-state index is 8.93. The van der Waals surface area contributed by atoms with Crippen LogP contribution in [0, 0.1) is 0 Å². The number of carboxylic acids is 2. The van der Waals surface area contributed by atoms with E-state index in [0.717, 1.165) is 0 Å². The number of hydrogen-bond donors (Lipinski definition) is 0. The van der Waals surface area contributed by atoms with E-state index in [2.05, 4.69) is 0 Å². The molecule has 0 fully saturated rings. The normalized spacial score (nSPS) is 5.67. The molecule has 0 unspecified atom stereocenters. The zero-order valence-electron chi connectivity index (χ0n) is 5.77. The van der Waals surface area contributed by atoms with Crippen molar-refractivity contribution in [3.8, 4) is 0 Å². The minimum absolute atomic E-state index is 0. The van der Waals surface area contributed by atoms with Gasteiger partial charge in [0.2, 0.25) is 0 Å². The van der Waals surface area contributed by atoms with Crippen molar-refractivity contribution in [1.29, 1.82) is 0 Å². The molecule has 0 amide bonds. The molecule has 9 heteroatoms. The average molecular weight is 228 g/mol. The number of carboxylic acid groups (broad SMARTS) is 4. The predicted octanol–water partition coefficient (Wildman–Crippen LogP) is -6.72. The monoisotopic (exact) mass is 228 g/mol. The van der Waals surface area contributed by atoms with E-state index in [4.69, 9.17) is 34.8 Å². The second-order valence-electron chi connectivity index (χ2n) is 0.825. The Morgan fingerprint density at radius 3 is 0.750 bits per heavy atom. The Labute approximate surface area is 126 Å². The van der Waals surface area contributed by atoms with Crippen molar-refractivity contribution in [2.45, 2.75) is 0 Å². The van der Waals surface area contributed by atoms with Gasteiger partial charge in [0, 0.05) is 0 Å². The molecule has 0 aliphatic heterocycles. The molecular formula is C3Ca2O7. The second kappa shape index (κ2) is 14.3. The molecule has 0 aliphatic rings. The number of hydrogen-bond acceptors (Lipinski definition) is 7. The molecule has 0 rings (SSSR count). The summed E-state index contributed by atoms with van der Waals surface area (Å²) in [5.74, 6) is -4.37. The van der Waals surface area contributed by atoms with Crippen molar-refractivity contribution in [3.63, 3.8) is 0 Å². The van der Waals surface area contributed by atoms with E-state index >= 15 is 0 Å². The summed E-state index contributed by atoms with van der Waals surface area (Å²) in [6, 6.07) is 0. The molecule has 7 nitrogen and oxygen atoms in total. The van der Waals surface area contributed by atoms with Crippen LogP contribution in [0.5, 0.6) is 0 Å². The van der Waals surface area contributed by atoms with Crippen LogP contribution in [0.15, 0.2) is 0 Å². The minimum Gasteiger partial charge on any atom is -0.652 e. The van der Waals surface area contributed by atoms with Crippen LogP contribution in [0.2, 0.25) is 0 Å². The van der Waals surface area contributed by atoms with Crippen molar-refractivity contribution >= 4 is 93.6 Å². The summed E-state index contributed by atoms with van der Waals surface area (Å²) >= 11 is 0. The molecule has 0 aromatic carbocycles. The summed E-state index contributed by atoms with van der Waals surface area (Å²) in [7, 11) is 0. The maximum Gasteiger partial charge on any atom is 2.00 e. The fraction of sp³-hybridized carbons (Fsp3) is 0. The van der Waals surface area contributed by atoms with E-state index in [1.54, 1.807) is 0 Å². The molecule has 0 aliphatic carbocycles. The standard InChI is InChI=1S/C2H2O4.CH2O3.2Ca/c3-1(4)2(5)6;2-1(3)4;;/h(H,3,4)(H,5,6);(H2,2,3,4);;/q;;2*+2/p-4. The Morgan fingerprint density at radius 2 is 0.750 bits per heavy atom. The van der Waals surface area contributed by atoms with Gasteiger partial charge in [-0.25, -0.2) is 0 Å². The molecule has 0 atom stereocenters. The molecule has 0 heterocycles. The molecule has 0 spiro atoms. The van der Waals surface area contributed by atoms with Crippen LogP contribution in [0.4, 0.5) is 4.79 Å². The quantitative estimate of drug-likeness (QED) is 0.296. The largest absolute Gasteiger partial charge is 2.00 e. The summed E-state index contributed by atoms with van der Waals surface area (Å²) in [6.07, 6.45) is -2.33. The predicted molar refractivity (Wildman–Crippen MR) is 26.9 cm³/mol. The Kier molecular flexibility index (Phi) is 27.3. The van der Waals surface area contributed by atoms with Gasteiger partial charge in [-0.05, 0) is 6.16 Å². The van der Waals surface area contributed by atoms with Gasteiger partial charge in [0.05, 0.1) is 11.9 Å². The topological polar surface area (TPSA) is 143 Å². The van der Waals surface area contributed by atoms with Crippen molar-refractivity contribution in [2.24, 2.45) is 0 Å². The van der Waals surface area contributed by atoms with Gasteiger partial charge < -0.3 is 34.8 Å². The van der Waals surface area contributed by atoms with Crippen LogP contribution < -0.4 is 20.4 Å². The zero-order chi connectivity index (χ0) is 8.73. The van der Waals surface area contributed by atoms with Gasteiger partial charge in [-0.2, -0.15) is 0 Å². The van der Waals surface area contributed by atoms with Crippen molar-refractivity contribution in [1.82, 2.24) is 0 Å². The van der Waals surface area contributed by atoms with Crippen LogP contribution in [0.25, 0.3) is 0 Å². The molecule has 0 saturated heterocycles. The summed E-state index contributed by atoms with van der Waals surface area (Å²) in [4.78, 5) is 26.2. The molecule has 0 N–H and O–H groups in total. The van der Waals surface area contributed by atoms with Crippen LogP contribution in [-0.4, -0.2) is 93.6 Å². The summed E-state index contributed by atoms with van der Waals surface area (Å²) < 4.78 is 0. The fourth-order valence-electron chi connectivity index (χ4n) is 0. The van der Waals surface area contributed by atoms with Gasteiger partial charge in [-0.3, -0.25) is 0 Å². The third-order valence-corrected chi connectivity index (χ3v) is 0.167. The van der Waals surface area contributed by atoms with Crippen molar-refractivity contribution < 1.29 is 34.8 Å². The van der Waals surface area contributed by atoms with Crippen LogP contribution in [0.3, 0.4) is 0 Å². The molecular weight excluding hydrogens is 228 g/mol. The minimum atomic E-state index is -2.33. The average Bonchev–Trinajstić information content (AvgIpc) is 1.63. The summed E-state index contributed by atoms with van der Waals surface area (Å²) in [5, 5.41) is 34.5. The van der Waals surface area contributed by atoms with Crippen LogP contribution in [0.1, 0.15) is 0 Å².